The molecular formula is C22H18F3N5O3S. The molecule has 0 aliphatic heterocycles. The summed E-state index contributed by atoms with van der Waals surface area (Å²) >= 11 is 1.00. The molecule has 8 nitrogen and oxygen atoms in total. The molecule has 0 aliphatic carbocycles. The number of hydrogen-bond donors (Lipinski definition) is 2. The second-order valence-electron chi connectivity index (χ2n) is 7.02. The first-order valence-electron chi connectivity index (χ1n) is 10.1. The lowest BCUT2D eigenvalue weighted by atomic mass is 10.2. The van der Waals surface area contributed by atoms with Gasteiger partial charge in [-0.1, -0.05) is 17.8 Å². The number of fused-ring (bicyclic) bond motifs is 1. The second-order valence-corrected chi connectivity index (χ2v) is 7.96. The Morgan fingerprint density at radius 1 is 1.15 bits per heavy atom. The molecule has 0 atom stereocenters. The van der Waals surface area contributed by atoms with Gasteiger partial charge in [0.25, 0.3) is 5.56 Å². The summed E-state index contributed by atoms with van der Waals surface area (Å²) in [5, 5.41) is 5.30. The molecule has 0 spiro atoms. The van der Waals surface area contributed by atoms with Crippen molar-refractivity contribution in [3.8, 4) is 17.1 Å². The number of carbonyl (C=O) groups excluding carboxylic acids is 1. The third-order valence-corrected chi connectivity index (χ3v) is 5.49. The highest BCUT2D eigenvalue weighted by Crippen LogP contribution is 2.31. The molecule has 0 unspecified atom stereocenters. The number of halogens is 3. The SMILES string of the molecule is CCOc1ccc(-c2nc(SCC(=O)Nc3cccc(C(F)(F)F)c3)n3[nH]c(=O)cc3n2)cc1. The van der Waals surface area contributed by atoms with Gasteiger partial charge in [-0.25, -0.2) is 14.5 Å². The molecule has 2 N–H and O–H groups in total. The molecule has 2 heterocycles. The third-order valence-electron chi connectivity index (χ3n) is 4.55. The van der Waals surface area contributed by atoms with Crippen molar-refractivity contribution in [1.29, 1.82) is 0 Å². The number of aromatic nitrogens is 4. The maximum Gasteiger partial charge on any atom is 0.416 e. The van der Waals surface area contributed by atoms with E-state index >= 15 is 0 Å². The lowest BCUT2D eigenvalue weighted by molar-refractivity contribution is -0.137. The van der Waals surface area contributed by atoms with Gasteiger partial charge in [0.05, 0.1) is 17.9 Å². The molecule has 2 aromatic heterocycles. The van der Waals surface area contributed by atoms with Crippen molar-refractivity contribution in [1.82, 2.24) is 19.6 Å². The van der Waals surface area contributed by atoms with Crippen LogP contribution in [-0.2, 0) is 11.0 Å². The molecular weight excluding hydrogens is 471 g/mol. The monoisotopic (exact) mass is 489 g/mol. The van der Waals surface area contributed by atoms with Crippen LogP contribution in [0.2, 0.25) is 0 Å². The number of benzene rings is 2. The van der Waals surface area contributed by atoms with E-state index in [2.05, 4.69) is 20.4 Å². The number of amides is 1. The molecule has 34 heavy (non-hydrogen) atoms. The zero-order valence-corrected chi connectivity index (χ0v) is 18.5. The minimum atomic E-state index is -4.51. The fraction of sp³-hybridized carbons (Fsp3) is 0.182. The summed E-state index contributed by atoms with van der Waals surface area (Å²) in [4.78, 5) is 33.1. The molecule has 0 radical (unpaired) electrons. The van der Waals surface area contributed by atoms with Gasteiger partial charge in [-0.05, 0) is 49.4 Å². The van der Waals surface area contributed by atoms with Crippen molar-refractivity contribution in [3.05, 3.63) is 70.5 Å². The summed E-state index contributed by atoms with van der Waals surface area (Å²) in [5.41, 5.74) is -0.244. The fourth-order valence-corrected chi connectivity index (χ4v) is 3.83. The zero-order valence-electron chi connectivity index (χ0n) is 17.7. The third kappa shape index (κ3) is 5.39. The van der Waals surface area contributed by atoms with Crippen LogP contribution in [0, 0.1) is 0 Å². The molecule has 176 valence electrons. The lowest BCUT2D eigenvalue weighted by Gasteiger charge is -2.10. The normalized spacial score (nSPS) is 11.5. The number of hydrogen-bond acceptors (Lipinski definition) is 6. The molecule has 4 rings (SSSR count). The Morgan fingerprint density at radius 3 is 2.62 bits per heavy atom. The summed E-state index contributed by atoms with van der Waals surface area (Å²) in [6.07, 6.45) is -4.51. The van der Waals surface area contributed by atoms with Crippen LogP contribution >= 0.6 is 11.8 Å². The van der Waals surface area contributed by atoms with Crippen LogP contribution < -0.4 is 15.6 Å². The molecule has 4 aromatic rings. The molecule has 2 aromatic carbocycles. The summed E-state index contributed by atoms with van der Waals surface area (Å²) < 4.78 is 45.5. The maximum atomic E-state index is 12.9. The maximum absolute atomic E-state index is 12.9. The Morgan fingerprint density at radius 2 is 1.91 bits per heavy atom. The van der Waals surface area contributed by atoms with Crippen molar-refractivity contribution < 1.29 is 22.7 Å². The first kappa shape index (κ1) is 23.4. The van der Waals surface area contributed by atoms with Crippen molar-refractivity contribution in [2.75, 3.05) is 17.7 Å². The summed E-state index contributed by atoms with van der Waals surface area (Å²) in [7, 11) is 0. The molecule has 1 amide bonds. The fourth-order valence-electron chi connectivity index (χ4n) is 3.08. The van der Waals surface area contributed by atoms with Gasteiger partial charge in [0.15, 0.2) is 16.6 Å². The minimum absolute atomic E-state index is 0.0257. The van der Waals surface area contributed by atoms with E-state index in [9.17, 15) is 22.8 Å². The Labute approximate surface area is 195 Å². The van der Waals surface area contributed by atoms with Gasteiger partial charge in [0.2, 0.25) is 5.91 Å². The van der Waals surface area contributed by atoms with Crippen LogP contribution in [0.4, 0.5) is 18.9 Å². The molecule has 0 saturated carbocycles. The van der Waals surface area contributed by atoms with Gasteiger partial charge in [0.1, 0.15) is 5.75 Å². The number of rotatable bonds is 7. The highest BCUT2D eigenvalue weighted by molar-refractivity contribution is 7.99. The summed E-state index contributed by atoms with van der Waals surface area (Å²) in [6, 6.07) is 12.8. The van der Waals surface area contributed by atoms with Crippen LogP contribution in [0.1, 0.15) is 12.5 Å². The Balaban J connectivity index is 1.54. The smallest absolute Gasteiger partial charge is 0.416 e. The Bertz CT molecular complexity index is 1380. The average molecular weight is 489 g/mol. The number of alkyl halides is 3. The van der Waals surface area contributed by atoms with Gasteiger partial charge in [-0.15, -0.1) is 0 Å². The summed E-state index contributed by atoms with van der Waals surface area (Å²) in [5.74, 6) is 0.327. The van der Waals surface area contributed by atoms with Gasteiger partial charge in [-0.2, -0.15) is 13.2 Å². The largest absolute Gasteiger partial charge is 0.494 e. The van der Waals surface area contributed by atoms with Crippen molar-refractivity contribution >= 4 is 29.0 Å². The number of carbonyl (C=O) groups is 1. The Hall–Kier alpha value is -3.80. The number of aromatic amines is 1. The van der Waals surface area contributed by atoms with Crippen LogP contribution in [0.3, 0.4) is 0 Å². The van der Waals surface area contributed by atoms with E-state index in [1.165, 1.54) is 22.7 Å². The number of nitrogens with zero attached hydrogens (tertiary/aromatic N) is 3. The Kier molecular flexibility index (Phi) is 6.59. The van der Waals surface area contributed by atoms with E-state index in [1.807, 2.05) is 6.92 Å². The molecule has 12 heteroatoms. The molecule has 0 fully saturated rings. The van der Waals surface area contributed by atoms with Crippen molar-refractivity contribution in [2.45, 2.75) is 18.3 Å². The number of nitrogens with one attached hydrogen (secondary N) is 2. The van der Waals surface area contributed by atoms with E-state index in [0.717, 1.165) is 23.9 Å². The van der Waals surface area contributed by atoms with E-state index in [-0.39, 0.29) is 16.6 Å². The zero-order chi connectivity index (χ0) is 24.3. The van der Waals surface area contributed by atoms with Gasteiger partial charge >= 0.3 is 6.18 Å². The van der Waals surface area contributed by atoms with Crippen LogP contribution in [0.5, 0.6) is 5.75 Å². The molecule has 0 aliphatic rings. The quantitative estimate of drug-likeness (QED) is 0.377. The second kappa shape index (κ2) is 9.59. The average Bonchev–Trinajstić information content (AvgIpc) is 3.18. The van der Waals surface area contributed by atoms with E-state index < -0.39 is 23.2 Å². The van der Waals surface area contributed by atoms with Crippen LogP contribution in [0.25, 0.3) is 17.0 Å². The number of H-pyrrole nitrogens is 1. The number of anilines is 1. The van der Waals surface area contributed by atoms with Crippen molar-refractivity contribution in [3.63, 3.8) is 0 Å². The topological polar surface area (TPSA) is 101 Å². The van der Waals surface area contributed by atoms with Gasteiger partial charge < -0.3 is 10.1 Å². The molecule has 0 saturated heterocycles. The van der Waals surface area contributed by atoms with Crippen molar-refractivity contribution in [2.24, 2.45) is 0 Å². The molecule has 0 bridgehead atoms. The number of ether oxygens (including phenoxy) is 1. The summed E-state index contributed by atoms with van der Waals surface area (Å²) in [6.45, 7) is 2.40. The predicted molar refractivity (Wildman–Crippen MR) is 121 cm³/mol. The van der Waals surface area contributed by atoms with Gasteiger partial charge in [0, 0.05) is 17.3 Å². The highest BCUT2D eigenvalue weighted by atomic mass is 32.2. The van der Waals surface area contributed by atoms with Gasteiger partial charge in [-0.3, -0.25) is 14.7 Å². The lowest BCUT2D eigenvalue weighted by Crippen LogP contribution is -2.16. The van der Waals surface area contributed by atoms with E-state index in [0.29, 0.717) is 29.4 Å². The minimum Gasteiger partial charge on any atom is -0.494 e. The standard InChI is InChI=1S/C22H18F3N5O3S/c1-2-33-16-8-6-13(7-9-16)20-27-17-11-18(31)29-30(17)21(28-20)34-12-19(32)26-15-5-3-4-14(10-15)22(23,24)25/h3-11H,2,12H2,1H3,(H,26,32)(H,29,31). The van der Waals surface area contributed by atoms with Crippen LogP contribution in [0.15, 0.2) is 64.5 Å². The number of thioether (sulfide) groups is 1. The highest BCUT2D eigenvalue weighted by Gasteiger charge is 2.30. The first-order valence-corrected chi connectivity index (χ1v) is 11.0. The van der Waals surface area contributed by atoms with E-state index in [4.69, 9.17) is 4.74 Å². The van der Waals surface area contributed by atoms with Crippen LogP contribution in [-0.4, -0.2) is 37.8 Å². The first-order chi connectivity index (χ1) is 16.2. The predicted octanol–water partition coefficient (Wildman–Crippen LogP) is 4.23. The van der Waals surface area contributed by atoms with E-state index in [1.54, 1.807) is 24.3 Å².